The zero-order valence-electron chi connectivity index (χ0n) is 9.65. The maximum Gasteiger partial charge on any atom is 0.141 e. The molecule has 5 heteroatoms. The molecule has 0 aliphatic carbocycles. The van der Waals surface area contributed by atoms with Crippen LogP contribution in [-0.2, 0) is 6.42 Å². The molecule has 0 bridgehead atoms. The van der Waals surface area contributed by atoms with Crippen molar-refractivity contribution in [3.8, 4) is 0 Å². The highest BCUT2D eigenvalue weighted by atomic mass is 79.9. The Balaban J connectivity index is 2.13. The van der Waals surface area contributed by atoms with Gasteiger partial charge in [0.1, 0.15) is 12.2 Å². The first-order valence-electron chi connectivity index (χ1n) is 5.62. The Morgan fingerprint density at radius 2 is 2.35 bits per heavy atom. The van der Waals surface area contributed by atoms with Gasteiger partial charge in [0.2, 0.25) is 0 Å². The summed E-state index contributed by atoms with van der Waals surface area (Å²) in [5, 5.41) is 10.2. The molecule has 0 spiro atoms. The molecule has 0 radical (unpaired) electrons. The minimum absolute atomic E-state index is 0.178. The number of nitrogens with one attached hydrogen (secondary N) is 2. The Morgan fingerprint density at radius 3 is 3.00 bits per heavy atom. The monoisotopic (exact) mass is 294 g/mol. The summed E-state index contributed by atoms with van der Waals surface area (Å²) in [5.74, 6) is 0.881. The van der Waals surface area contributed by atoms with Gasteiger partial charge < -0.3 is 5.32 Å². The van der Waals surface area contributed by atoms with Crippen molar-refractivity contribution in [1.29, 1.82) is 0 Å². The molecule has 1 aromatic carbocycles. The van der Waals surface area contributed by atoms with Crippen LogP contribution in [-0.4, -0.2) is 21.7 Å². The van der Waals surface area contributed by atoms with Crippen LogP contribution in [0.3, 0.4) is 0 Å². The molecule has 4 nitrogen and oxygen atoms in total. The van der Waals surface area contributed by atoms with Gasteiger partial charge in [0.15, 0.2) is 0 Å². The summed E-state index contributed by atoms with van der Waals surface area (Å²) in [5.41, 5.74) is 1.27. The molecule has 1 atom stereocenters. The zero-order chi connectivity index (χ0) is 12.1. The molecule has 90 valence electrons. The highest BCUT2D eigenvalue weighted by Crippen LogP contribution is 2.18. The van der Waals surface area contributed by atoms with Gasteiger partial charge in [0.25, 0.3) is 0 Å². The van der Waals surface area contributed by atoms with Gasteiger partial charge in [-0.3, -0.25) is 5.10 Å². The average molecular weight is 295 g/mol. The highest BCUT2D eigenvalue weighted by molar-refractivity contribution is 9.10. The van der Waals surface area contributed by atoms with E-state index in [9.17, 15) is 0 Å². The lowest BCUT2D eigenvalue weighted by atomic mass is 10.1. The SMILES string of the molecule is CCNC(Cc1cccc(Br)c1)c1ncn[nH]1. The van der Waals surface area contributed by atoms with Crippen LogP contribution in [0.15, 0.2) is 35.1 Å². The summed E-state index contributed by atoms with van der Waals surface area (Å²) in [6, 6.07) is 8.49. The minimum Gasteiger partial charge on any atom is -0.307 e. The molecule has 1 aromatic heterocycles. The van der Waals surface area contributed by atoms with E-state index in [-0.39, 0.29) is 6.04 Å². The number of benzene rings is 1. The molecule has 2 rings (SSSR count). The number of aromatic amines is 1. The third-order valence-electron chi connectivity index (χ3n) is 2.54. The first kappa shape index (κ1) is 12.3. The molecule has 0 saturated carbocycles. The van der Waals surface area contributed by atoms with Crippen LogP contribution >= 0.6 is 15.9 Å². The fourth-order valence-electron chi connectivity index (χ4n) is 1.79. The standard InChI is InChI=1S/C12H15BrN4/c1-2-14-11(12-15-8-16-17-12)7-9-4-3-5-10(13)6-9/h3-6,8,11,14H,2,7H2,1H3,(H,15,16,17). The highest BCUT2D eigenvalue weighted by Gasteiger charge is 2.13. The average Bonchev–Trinajstić information content (AvgIpc) is 2.82. The van der Waals surface area contributed by atoms with E-state index in [1.54, 1.807) is 6.33 Å². The molecular formula is C12H15BrN4. The smallest absolute Gasteiger partial charge is 0.141 e. The summed E-state index contributed by atoms with van der Waals surface area (Å²) in [6.45, 7) is 2.99. The quantitative estimate of drug-likeness (QED) is 0.891. The fourth-order valence-corrected chi connectivity index (χ4v) is 2.24. The number of rotatable bonds is 5. The van der Waals surface area contributed by atoms with Crippen molar-refractivity contribution >= 4 is 15.9 Å². The third kappa shape index (κ3) is 3.38. The topological polar surface area (TPSA) is 53.6 Å². The molecule has 1 unspecified atom stereocenters. The lowest BCUT2D eigenvalue weighted by molar-refractivity contribution is 0.523. The van der Waals surface area contributed by atoms with E-state index < -0.39 is 0 Å². The van der Waals surface area contributed by atoms with Gasteiger partial charge in [-0.25, -0.2) is 4.98 Å². The molecule has 0 aliphatic rings. The maximum atomic E-state index is 4.21. The summed E-state index contributed by atoms with van der Waals surface area (Å²) in [7, 11) is 0. The Bertz CT molecular complexity index is 455. The van der Waals surface area contributed by atoms with Crippen molar-refractivity contribution in [2.45, 2.75) is 19.4 Å². The van der Waals surface area contributed by atoms with Crippen LogP contribution in [0.1, 0.15) is 24.4 Å². The normalized spacial score (nSPS) is 12.6. The lowest BCUT2D eigenvalue weighted by Crippen LogP contribution is -2.24. The summed E-state index contributed by atoms with van der Waals surface area (Å²) >= 11 is 3.48. The van der Waals surface area contributed by atoms with Crippen molar-refractivity contribution in [2.24, 2.45) is 0 Å². The number of hydrogen-bond donors (Lipinski definition) is 2. The van der Waals surface area contributed by atoms with Crippen LogP contribution in [0.5, 0.6) is 0 Å². The van der Waals surface area contributed by atoms with Crippen molar-refractivity contribution < 1.29 is 0 Å². The van der Waals surface area contributed by atoms with E-state index in [1.807, 2.05) is 12.1 Å². The molecular weight excluding hydrogens is 280 g/mol. The Kier molecular flexibility index (Phi) is 4.28. The van der Waals surface area contributed by atoms with Crippen molar-refractivity contribution in [3.63, 3.8) is 0 Å². The first-order valence-corrected chi connectivity index (χ1v) is 6.42. The zero-order valence-corrected chi connectivity index (χ0v) is 11.2. The van der Waals surface area contributed by atoms with Crippen LogP contribution in [0.2, 0.25) is 0 Å². The van der Waals surface area contributed by atoms with E-state index in [2.05, 4.69) is 55.5 Å². The molecule has 17 heavy (non-hydrogen) atoms. The molecule has 0 saturated heterocycles. The van der Waals surface area contributed by atoms with Gasteiger partial charge in [0.05, 0.1) is 6.04 Å². The Labute approximate surface area is 109 Å². The number of halogens is 1. The van der Waals surface area contributed by atoms with Crippen molar-refractivity contribution in [1.82, 2.24) is 20.5 Å². The molecule has 1 heterocycles. The molecule has 0 amide bonds. The second kappa shape index (κ2) is 5.93. The van der Waals surface area contributed by atoms with E-state index in [1.165, 1.54) is 5.56 Å². The maximum absolute atomic E-state index is 4.21. The second-order valence-electron chi connectivity index (χ2n) is 3.82. The second-order valence-corrected chi connectivity index (χ2v) is 4.73. The van der Waals surface area contributed by atoms with Crippen LogP contribution < -0.4 is 5.32 Å². The number of nitrogens with zero attached hydrogens (tertiary/aromatic N) is 2. The van der Waals surface area contributed by atoms with E-state index in [0.717, 1.165) is 23.3 Å². The Hall–Kier alpha value is -1.20. The van der Waals surface area contributed by atoms with Gasteiger partial charge in [-0.2, -0.15) is 5.10 Å². The van der Waals surface area contributed by atoms with Crippen LogP contribution in [0.4, 0.5) is 0 Å². The van der Waals surface area contributed by atoms with Crippen molar-refractivity contribution in [3.05, 3.63) is 46.5 Å². The van der Waals surface area contributed by atoms with E-state index in [0.29, 0.717) is 0 Å². The van der Waals surface area contributed by atoms with Gasteiger partial charge in [0, 0.05) is 4.47 Å². The van der Waals surface area contributed by atoms with E-state index >= 15 is 0 Å². The molecule has 2 N–H and O–H groups in total. The van der Waals surface area contributed by atoms with Crippen LogP contribution in [0.25, 0.3) is 0 Å². The minimum atomic E-state index is 0.178. The predicted molar refractivity (Wildman–Crippen MR) is 70.6 cm³/mol. The lowest BCUT2D eigenvalue weighted by Gasteiger charge is -2.15. The summed E-state index contributed by atoms with van der Waals surface area (Å²) in [6.07, 6.45) is 2.43. The Morgan fingerprint density at radius 1 is 1.47 bits per heavy atom. The molecule has 0 fully saturated rings. The van der Waals surface area contributed by atoms with Crippen LogP contribution in [0, 0.1) is 0 Å². The van der Waals surface area contributed by atoms with Crippen molar-refractivity contribution in [2.75, 3.05) is 6.54 Å². The third-order valence-corrected chi connectivity index (χ3v) is 3.04. The summed E-state index contributed by atoms with van der Waals surface area (Å²) < 4.78 is 1.10. The largest absolute Gasteiger partial charge is 0.307 e. The van der Waals surface area contributed by atoms with Gasteiger partial charge >= 0.3 is 0 Å². The number of likely N-dealkylation sites (N-methyl/N-ethyl adjacent to an activating group) is 1. The predicted octanol–water partition coefficient (Wildman–Crippen LogP) is 2.46. The van der Waals surface area contributed by atoms with Gasteiger partial charge in [-0.1, -0.05) is 35.0 Å². The fraction of sp³-hybridized carbons (Fsp3) is 0.333. The van der Waals surface area contributed by atoms with E-state index in [4.69, 9.17) is 0 Å². The molecule has 0 aliphatic heterocycles. The number of hydrogen-bond acceptors (Lipinski definition) is 3. The first-order chi connectivity index (χ1) is 8.29. The summed E-state index contributed by atoms with van der Waals surface area (Å²) in [4.78, 5) is 4.21. The number of aromatic nitrogens is 3. The number of H-pyrrole nitrogens is 1. The molecule has 2 aromatic rings. The van der Waals surface area contributed by atoms with Gasteiger partial charge in [-0.05, 0) is 30.7 Å². The van der Waals surface area contributed by atoms with Gasteiger partial charge in [-0.15, -0.1) is 0 Å².